The molecule has 9 nitrogen and oxygen atoms in total. The lowest BCUT2D eigenvalue weighted by Crippen LogP contribution is -2.64. The van der Waals surface area contributed by atoms with E-state index in [0.717, 1.165) is 38.0 Å². The molecule has 11 heteroatoms. The second-order valence-electron chi connectivity index (χ2n) is 13.1. The topological polar surface area (TPSA) is 90.0 Å². The molecule has 0 spiro atoms. The predicted octanol–water partition coefficient (Wildman–Crippen LogP) is 4.30. The number of hydrogen-bond donors (Lipinski definition) is 0. The van der Waals surface area contributed by atoms with E-state index in [1.54, 1.807) is 40.7 Å². The number of rotatable bonds is 7. The first-order valence-electron chi connectivity index (χ1n) is 15.9. The lowest BCUT2D eigenvalue weighted by molar-refractivity contribution is -0.0491. The van der Waals surface area contributed by atoms with Gasteiger partial charge in [-0.3, -0.25) is 14.6 Å². The van der Waals surface area contributed by atoms with Crippen molar-refractivity contribution < 1.29 is 17.6 Å². The Morgan fingerprint density at radius 1 is 0.933 bits per heavy atom. The van der Waals surface area contributed by atoms with Crippen molar-refractivity contribution in [2.24, 2.45) is 5.92 Å². The van der Waals surface area contributed by atoms with Crippen molar-refractivity contribution in [2.45, 2.75) is 63.1 Å². The van der Waals surface area contributed by atoms with Gasteiger partial charge in [0.1, 0.15) is 12.1 Å². The first kappa shape index (κ1) is 31.7. The number of hydrogen-bond acceptors (Lipinski definition) is 7. The number of likely N-dealkylation sites (tertiary alicyclic amines) is 1. The lowest BCUT2D eigenvalue weighted by atomic mass is 9.84. The Morgan fingerprint density at radius 3 is 2.22 bits per heavy atom. The Balaban J connectivity index is 1.13. The average molecular weight is 635 g/mol. The zero-order chi connectivity index (χ0) is 31.9. The normalized spacial score (nSPS) is 22.6. The molecular formula is C34H43FN6O3S. The fourth-order valence-electron chi connectivity index (χ4n) is 7.48. The Bertz CT molecular complexity index is 1620. The van der Waals surface area contributed by atoms with Crippen LogP contribution in [0.1, 0.15) is 60.0 Å². The fraction of sp³-hybridized carbons (Fsp3) is 0.500. The Hall–Kier alpha value is -3.25. The number of amides is 1. The van der Waals surface area contributed by atoms with Crippen molar-refractivity contribution in [2.75, 3.05) is 45.8 Å². The first-order valence-corrected chi connectivity index (χ1v) is 17.3. The van der Waals surface area contributed by atoms with Gasteiger partial charge in [-0.2, -0.15) is 4.31 Å². The molecule has 0 saturated carbocycles. The fourth-order valence-corrected chi connectivity index (χ4v) is 9.05. The van der Waals surface area contributed by atoms with Crippen LogP contribution in [0.4, 0.5) is 4.39 Å². The molecule has 6 rings (SSSR count). The molecular weight excluding hydrogens is 591 g/mol. The summed E-state index contributed by atoms with van der Waals surface area (Å²) in [7, 11) is -3.57. The zero-order valence-corrected chi connectivity index (χ0v) is 27.4. The predicted molar refractivity (Wildman–Crippen MR) is 171 cm³/mol. The van der Waals surface area contributed by atoms with Crippen molar-refractivity contribution >= 4 is 15.9 Å². The Morgan fingerprint density at radius 2 is 1.60 bits per heavy atom. The van der Waals surface area contributed by atoms with Gasteiger partial charge in [0.15, 0.2) is 0 Å². The highest BCUT2D eigenvalue weighted by atomic mass is 32.2. The van der Waals surface area contributed by atoms with Gasteiger partial charge < -0.3 is 4.90 Å². The first-order chi connectivity index (χ1) is 21.5. The minimum absolute atomic E-state index is 0.00703. The number of carbonyl (C=O) groups excluding carboxylic acids is 1. The third-order valence-electron chi connectivity index (χ3n) is 10.3. The number of piperidine rings is 1. The number of sulfonamides is 1. The summed E-state index contributed by atoms with van der Waals surface area (Å²) in [5.41, 5.74) is 2.89. The van der Waals surface area contributed by atoms with E-state index in [0.29, 0.717) is 48.0 Å². The van der Waals surface area contributed by atoms with Gasteiger partial charge in [0.2, 0.25) is 10.0 Å². The largest absolute Gasteiger partial charge is 0.338 e. The van der Waals surface area contributed by atoms with Crippen molar-refractivity contribution in [3.8, 4) is 0 Å². The molecule has 1 aromatic heterocycles. The van der Waals surface area contributed by atoms with E-state index in [-0.39, 0.29) is 35.3 Å². The molecule has 0 N–H and O–H groups in total. The van der Waals surface area contributed by atoms with Crippen LogP contribution in [0.25, 0.3) is 0 Å². The van der Waals surface area contributed by atoms with Crippen molar-refractivity contribution in [1.29, 1.82) is 0 Å². The molecule has 240 valence electrons. The van der Waals surface area contributed by atoms with Crippen LogP contribution in [0.2, 0.25) is 0 Å². The third-order valence-corrected chi connectivity index (χ3v) is 12.1. The van der Waals surface area contributed by atoms with E-state index in [1.807, 2.05) is 30.9 Å². The standard InChI is InChI=1S/C34H43FN6O3S/c1-24-20-39(34(4)13-15-38(16-14-34)33(42)31-25(2)36-23-37-26(31)3)17-18-41(24)32(27-9-8-10-29(35)19-27)28-21-40(22-28)45(43,44)30-11-6-5-7-12-30/h5-12,19,23-24,28,32H,13-18,20-22H2,1-4H3/t24-,32+/m0/s1. The second-order valence-corrected chi connectivity index (χ2v) is 15.1. The van der Waals surface area contributed by atoms with E-state index in [1.165, 1.54) is 12.4 Å². The maximum atomic E-state index is 14.5. The third kappa shape index (κ3) is 6.15. The van der Waals surface area contributed by atoms with Crippen LogP contribution in [0.3, 0.4) is 0 Å². The van der Waals surface area contributed by atoms with Gasteiger partial charge in [-0.25, -0.2) is 22.8 Å². The second kappa shape index (κ2) is 12.5. The zero-order valence-electron chi connectivity index (χ0n) is 26.6. The van der Waals surface area contributed by atoms with Gasteiger partial charge in [0.25, 0.3) is 5.91 Å². The highest BCUT2D eigenvalue weighted by Crippen LogP contribution is 2.41. The number of nitrogens with zero attached hydrogens (tertiary/aromatic N) is 6. The van der Waals surface area contributed by atoms with Gasteiger partial charge in [0.05, 0.1) is 21.8 Å². The molecule has 0 unspecified atom stereocenters. The van der Waals surface area contributed by atoms with Gasteiger partial charge in [-0.15, -0.1) is 0 Å². The smallest absolute Gasteiger partial charge is 0.257 e. The van der Waals surface area contributed by atoms with Crippen LogP contribution >= 0.6 is 0 Å². The molecule has 3 aliphatic heterocycles. The molecule has 0 bridgehead atoms. The summed E-state index contributed by atoms with van der Waals surface area (Å²) in [5, 5.41) is 0. The van der Waals surface area contributed by atoms with E-state index in [2.05, 4.69) is 33.6 Å². The minimum atomic E-state index is -3.57. The molecule has 2 atom stereocenters. The van der Waals surface area contributed by atoms with Crippen LogP contribution in [0.15, 0.2) is 65.8 Å². The summed E-state index contributed by atoms with van der Waals surface area (Å²) in [6, 6.07) is 15.4. The van der Waals surface area contributed by atoms with Crippen LogP contribution in [0, 0.1) is 25.6 Å². The van der Waals surface area contributed by atoms with Crippen molar-refractivity contribution in [3.05, 3.63) is 89.3 Å². The molecule has 3 aromatic rings. The number of halogens is 1. The summed E-state index contributed by atoms with van der Waals surface area (Å²) in [6.45, 7) is 12.9. The van der Waals surface area contributed by atoms with Gasteiger partial charge in [-0.05, 0) is 70.4 Å². The number of piperazine rings is 1. The molecule has 3 aliphatic rings. The molecule has 3 saturated heterocycles. The summed E-state index contributed by atoms with van der Waals surface area (Å²) in [4.78, 5) is 29.1. The molecule has 3 fully saturated rings. The SMILES string of the molecule is Cc1ncnc(C)c1C(=O)N1CCC(C)(N2CCN([C@H](c3cccc(F)c3)C3CN(S(=O)(=O)c4ccccc4)C3)[C@@H](C)C2)CC1. The van der Waals surface area contributed by atoms with E-state index in [9.17, 15) is 17.6 Å². The van der Waals surface area contributed by atoms with Crippen molar-refractivity contribution in [1.82, 2.24) is 29.0 Å². The molecule has 1 amide bonds. The highest BCUT2D eigenvalue weighted by molar-refractivity contribution is 7.89. The van der Waals surface area contributed by atoms with E-state index < -0.39 is 10.0 Å². The van der Waals surface area contributed by atoms with Crippen LogP contribution < -0.4 is 0 Å². The highest BCUT2D eigenvalue weighted by Gasteiger charge is 2.47. The van der Waals surface area contributed by atoms with Crippen LogP contribution in [0.5, 0.6) is 0 Å². The molecule has 0 radical (unpaired) electrons. The minimum Gasteiger partial charge on any atom is -0.338 e. The summed E-state index contributed by atoms with van der Waals surface area (Å²) in [5.74, 6) is -0.219. The van der Waals surface area contributed by atoms with Gasteiger partial charge in [-0.1, -0.05) is 30.3 Å². The molecule has 0 aliphatic carbocycles. The number of aryl methyl sites for hydroxylation is 2. The number of benzene rings is 2. The maximum Gasteiger partial charge on any atom is 0.257 e. The summed E-state index contributed by atoms with van der Waals surface area (Å²) < 4.78 is 42.6. The number of aromatic nitrogens is 2. The van der Waals surface area contributed by atoms with Crippen LogP contribution in [-0.4, -0.2) is 101 Å². The summed E-state index contributed by atoms with van der Waals surface area (Å²) >= 11 is 0. The van der Waals surface area contributed by atoms with Gasteiger partial charge in [0, 0.05) is 69.4 Å². The number of carbonyl (C=O) groups is 1. The van der Waals surface area contributed by atoms with Crippen LogP contribution in [-0.2, 0) is 10.0 Å². The lowest BCUT2D eigenvalue weighted by Gasteiger charge is -2.55. The Labute approximate surface area is 266 Å². The van der Waals surface area contributed by atoms with Crippen molar-refractivity contribution in [3.63, 3.8) is 0 Å². The molecule has 2 aromatic carbocycles. The molecule has 45 heavy (non-hydrogen) atoms. The quantitative estimate of drug-likeness (QED) is 0.383. The summed E-state index contributed by atoms with van der Waals surface area (Å²) in [6.07, 6.45) is 3.25. The average Bonchev–Trinajstić information content (AvgIpc) is 2.99. The van der Waals surface area contributed by atoms with E-state index in [4.69, 9.17) is 0 Å². The maximum absolute atomic E-state index is 14.5. The molecule has 4 heterocycles. The Kier molecular flexibility index (Phi) is 8.82. The monoisotopic (exact) mass is 634 g/mol. The van der Waals surface area contributed by atoms with Gasteiger partial charge >= 0.3 is 0 Å². The van der Waals surface area contributed by atoms with E-state index >= 15 is 0 Å².